The molecule has 0 aliphatic heterocycles. The largest absolute Gasteiger partial charge is 0.303 e. The molecule has 3 nitrogen and oxygen atoms in total. The summed E-state index contributed by atoms with van der Waals surface area (Å²) in [6.07, 6.45) is 7.16. The van der Waals surface area contributed by atoms with E-state index in [9.17, 15) is 4.79 Å². The van der Waals surface area contributed by atoms with Gasteiger partial charge in [-0.2, -0.15) is 0 Å². The maximum Gasteiger partial charge on any atom is 0.184 e. The molecule has 0 saturated carbocycles. The van der Waals surface area contributed by atoms with Gasteiger partial charge >= 0.3 is 0 Å². The van der Waals surface area contributed by atoms with Crippen LogP contribution in [0.5, 0.6) is 0 Å². The second-order valence-electron chi connectivity index (χ2n) is 6.44. The highest BCUT2D eigenvalue weighted by molar-refractivity contribution is 6.17. The fraction of sp³-hybridized carbons (Fsp3) is 0.571. The van der Waals surface area contributed by atoms with E-state index >= 15 is 0 Å². The third-order valence-electron chi connectivity index (χ3n) is 2.27. The standard InChI is InChI=1S/C14H22N2O/c1-13(2,3)9-11(12(17)14(4,5)6)16-8-7-15-10-16/h7-10H,1-6H3. The third-order valence-corrected chi connectivity index (χ3v) is 2.27. The molecule has 0 spiro atoms. The number of nitrogens with zero attached hydrogens (tertiary/aromatic N) is 2. The van der Waals surface area contributed by atoms with Gasteiger partial charge < -0.3 is 4.57 Å². The van der Waals surface area contributed by atoms with Crippen molar-refractivity contribution in [2.75, 3.05) is 0 Å². The molecule has 0 N–H and O–H groups in total. The summed E-state index contributed by atoms with van der Waals surface area (Å²) in [5.41, 5.74) is 0.268. The number of allylic oxidation sites excluding steroid dienone is 2. The quantitative estimate of drug-likeness (QED) is 0.735. The predicted molar refractivity (Wildman–Crippen MR) is 70.4 cm³/mol. The van der Waals surface area contributed by atoms with Gasteiger partial charge in [0.25, 0.3) is 0 Å². The van der Waals surface area contributed by atoms with E-state index in [1.54, 1.807) is 23.3 Å². The lowest BCUT2D eigenvalue weighted by molar-refractivity contribution is -0.120. The first-order chi connectivity index (χ1) is 7.61. The van der Waals surface area contributed by atoms with E-state index in [0.717, 1.165) is 0 Å². The van der Waals surface area contributed by atoms with E-state index in [-0.39, 0.29) is 16.6 Å². The molecule has 17 heavy (non-hydrogen) atoms. The Balaban J connectivity index is 3.23. The van der Waals surface area contributed by atoms with Crippen LogP contribution in [0.4, 0.5) is 0 Å². The molecule has 0 atom stereocenters. The SMILES string of the molecule is CC(C)(C)C=C(C(=O)C(C)(C)C)n1ccnc1. The second kappa shape index (κ2) is 4.47. The van der Waals surface area contributed by atoms with Gasteiger partial charge in [-0.3, -0.25) is 4.79 Å². The second-order valence-corrected chi connectivity index (χ2v) is 6.44. The number of imidazole rings is 1. The number of hydrogen-bond donors (Lipinski definition) is 0. The average Bonchev–Trinajstić information content (AvgIpc) is 2.62. The Hall–Kier alpha value is -1.38. The lowest BCUT2D eigenvalue weighted by atomic mass is 9.85. The average molecular weight is 234 g/mol. The molecule has 1 aromatic heterocycles. The van der Waals surface area contributed by atoms with Gasteiger partial charge in [0.2, 0.25) is 0 Å². The Kier molecular flexibility index (Phi) is 3.60. The molecule has 1 heterocycles. The molecular formula is C14H22N2O. The maximum absolute atomic E-state index is 12.4. The van der Waals surface area contributed by atoms with Crippen molar-refractivity contribution in [3.05, 3.63) is 24.8 Å². The van der Waals surface area contributed by atoms with Crippen molar-refractivity contribution in [1.82, 2.24) is 9.55 Å². The van der Waals surface area contributed by atoms with Gasteiger partial charge in [-0.05, 0) is 5.41 Å². The number of ketones is 1. The van der Waals surface area contributed by atoms with Crippen LogP contribution in [0.25, 0.3) is 5.70 Å². The lowest BCUT2D eigenvalue weighted by Gasteiger charge is -2.22. The van der Waals surface area contributed by atoms with Crippen molar-refractivity contribution in [3.8, 4) is 0 Å². The Morgan fingerprint density at radius 2 is 1.76 bits per heavy atom. The summed E-state index contributed by atoms with van der Waals surface area (Å²) >= 11 is 0. The zero-order chi connectivity index (χ0) is 13.3. The molecule has 0 unspecified atom stereocenters. The van der Waals surface area contributed by atoms with E-state index in [2.05, 4.69) is 25.8 Å². The lowest BCUT2D eigenvalue weighted by Crippen LogP contribution is -2.24. The van der Waals surface area contributed by atoms with E-state index in [0.29, 0.717) is 5.70 Å². The molecular weight excluding hydrogens is 212 g/mol. The Bertz CT molecular complexity index is 414. The molecule has 0 aliphatic carbocycles. The minimum absolute atomic E-state index is 0.0412. The highest BCUT2D eigenvalue weighted by Crippen LogP contribution is 2.27. The predicted octanol–water partition coefficient (Wildman–Crippen LogP) is 3.39. The zero-order valence-electron chi connectivity index (χ0n) is 11.6. The topological polar surface area (TPSA) is 34.9 Å². The zero-order valence-corrected chi connectivity index (χ0v) is 11.6. The van der Waals surface area contributed by atoms with Crippen LogP contribution >= 0.6 is 0 Å². The minimum Gasteiger partial charge on any atom is -0.303 e. The van der Waals surface area contributed by atoms with Crippen LogP contribution in [0.3, 0.4) is 0 Å². The number of carbonyl (C=O) groups is 1. The Morgan fingerprint density at radius 1 is 1.18 bits per heavy atom. The Morgan fingerprint density at radius 3 is 2.12 bits per heavy atom. The van der Waals surface area contributed by atoms with Crippen LogP contribution in [0.15, 0.2) is 24.8 Å². The highest BCUT2D eigenvalue weighted by Gasteiger charge is 2.27. The fourth-order valence-electron chi connectivity index (χ4n) is 1.45. The van der Waals surface area contributed by atoms with Crippen LogP contribution in [-0.4, -0.2) is 15.3 Å². The van der Waals surface area contributed by atoms with Crippen molar-refractivity contribution in [2.45, 2.75) is 41.5 Å². The first kappa shape index (κ1) is 13.7. The van der Waals surface area contributed by atoms with Gasteiger partial charge in [-0.25, -0.2) is 4.98 Å². The first-order valence-corrected chi connectivity index (χ1v) is 5.87. The summed E-state index contributed by atoms with van der Waals surface area (Å²) in [6, 6.07) is 0. The molecule has 0 aliphatic rings. The number of hydrogen-bond acceptors (Lipinski definition) is 2. The molecule has 94 valence electrons. The van der Waals surface area contributed by atoms with Crippen molar-refractivity contribution in [1.29, 1.82) is 0 Å². The van der Waals surface area contributed by atoms with Crippen molar-refractivity contribution >= 4 is 11.5 Å². The molecule has 0 radical (unpaired) electrons. The molecule has 1 rings (SSSR count). The van der Waals surface area contributed by atoms with E-state index in [4.69, 9.17) is 0 Å². The van der Waals surface area contributed by atoms with Crippen LogP contribution in [0.2, 0.25) is 0 Å². The third kappa shape index (κ3) is 3.84. The van der Waals surface area contributed by atoms with Crippen LogP contribution in [0, 0.1) is 10.8 Å². The van der Waals surface area contributed by atoms with Crippen LogP contribution in [0.1, 0.15) is 41.5 Å². The van der Waals surface area contributed by atoms with Gasteiger partial charge in [0.15, 0.2) is 5.78 Å². The molecule has 0 bridgehead atoms. The van der Waals surface area contributed by atoms with Crippen molar-refractivity contribution < 1.29 is 4.79 Å². The summed E-state index contributed by atoms with van der Waals surface area (Å²) in [6.45, 7) is 12.0. The summed E-state index contributed by atoms with van der Waals surface area (Å²) in [5.74, 6) is 0.130. The van der Waals surface area contributed by atoms with Gasteiger partial charge in [0.1, 0.15) is 0 Å². The molecule has 0 saturated heterocycles. The summed E-state index contributed by atoms with van der Waals surface area (Å²) in [5, 5.41) is 0. The molecule has 1 aromatic rings. The number of Topliss-reactive ketones (excluding diaryl/α,β-unsaturated/α-hetero) is 1. The van der Waals surface area contributed by atoms with Crippen LogP contribution < -0.4 is 0 Å². The van der Waals surface area contributed by atoms with Gasteiger partial charge in [-0.1, -0.05) is 47.6 Å². The number of rotatable bonds is 2. The van der Waals surface area contributed by atoms with Crippen molar-refractivity contribution in [3.63, 3.8) is 0 Å². The smallest absolute Gasteiger partial charge is 0.184 e. The highest BCUT2D eigenvalue weighted by atomic mass is 16.1. The maximum atomic E-state index is 12.4. The first-order valence-electron chi connectivity index (χ1n) is 5.87. The summed E-state index contributed by atoms with van der Waals surface area (Å²) in [4.78, 5) is 16.4. The molecule has 0 fully saturated rings. The molecule has 0 aromatic carbocycles. The molecule has 0 amide bonds. The minimum atomic E-state index is -0.388. The monoisotopic (exact) mass is 234 g/mol. The van der Waals surface area contributed by atoms with E-state index in [1.807, 2.05) is 26.8 Å². The summed E-state index contributed by atoms with van der Waals surface area (Å²) in [7, 11) is 0. The van der Waals surface area contributed by atoms with Gasteiger partial charge in [-0.15, -0.1) is 0 Å². The van der Waals surface area contributed by atoms with Gasteiger partial charge in [0, 0.05) is 17.8 Å². The van der Waals surface area contributed by atoms with E-state index in [1.165, 1.54) is 0 Å². The van der Waals surface area contributed by atoms with Crippen molar-refractivity contribution in [2.24, 2.45) is 10.8 Å². The van der Waals surface area contributed by atoms with Crippen LogP contribution in [-0.2, 0) is 4.79 Å². The number of carbonyl (C=O) groups excluding carboxylic acids is 1. The number of aromatic nitrogens is 2. The molecule has 3 heteroatoms. The summed E-state index contributed by atoms with van der Waals surface area (Å²) < 4.78 is 1.79. The fourth-order valence-corrected chi connectivity index (χ4v) is 1.45. The normalized spacial score (nSPS) is 13.9. The Labute approximate surface area is 104 Å². The van der Waals surface area contributed by atoms with E-state index < -0.39 is 0 Å². The van der Waals surface area contributed by atoms with Gasteiger partial charge in [0.05, 0.1) is 12.0 Å².